The highest BCUT2D eigenvalue weighted by molar-refractivity contribution is 5.36. The van der Waals surface area contributed by atoms with Crippen LogP contribution in [0, 0.1) is 0 Å². The van der Waals surface area contributed by atoms with Crippen LogP contribution in [-0.2, 0) is 0 Å². The van der Waals surface area contributed by atoms with Gasteiger partial charge >= 0.3 is 0 Å². The molecule has 0 fully saturated rings. The van der Waals surface area contributed by atoms with Crippen molar-refractivity contribution in [3.05, 3.63) is 65.2 Å². The second kappa shape index (κ2) is 5.87. The Hall–Kier alpha value is -1.84. The molecule has 3 nitrogen and oxygen atoms in total. The van der Waals surface area contributed by atoms with Crippen LogP contribution in [0.25, 0.3) is 0 Å². The van der Waals surface area contributed by atoms with Crippen LogP contribution in [0.1, 0.15) is 35.8 Å². The minimum Gasteiger partial charge on any atom is -0.497 e. The summed E-state index contributed by atoms with van der Waals surface area (Å²) in [4.78, 5) is 0. The maximum atomic E-state index is 10.4. The Labute approximate surface area is 113 Å². The van der Waals surface area contributed by atoms with Gasteiger partial charge in [-0.2, -0.15) is 0 Å². The first-order valence-electron chi connectivity index (χ1n) is 6.29. The minimum absolute atomic E-state index is 0.00279. The zero-order valence-electron chi connectivity index (χ0n) is 11.2. The van der Waals surface area contributed by atoms with Gasteiger partial charge in [-0.25, -0.2) is 0 Å². The van der Waals surface area contributed by atoms with Gasteiger partial charge in [0.15, 0.2) is 0 Å². The molecule has 3 N–H and O–H groups in total. The minimum atomic E-state index is -0.655. The average Bonchev–Trinajstić information content (AvgIpc) is 2.46. The summed E-state index contributed by atoms with van der Waals surface area (Å²) in [6.45, 7) is 1.94. The molecule has 0 radical (unpaired) electrons. The molecule has 100 valence electrons. The third kappa shape index (κ3) is 3.13. The lowest BCUT2D eigenvalue weighted by atomic mass is 9.99. The Morgan fingerprint density at radius 1 is 1.00 bits per heavy atom. The molecule has 2 rings (SSSR count). The van der Waals surface area contributed by atoms with E-state index in [2.05, 4.69) is 0 Å². The molecule has 3 heteroatoms. The van der Waals surface area contributed by atoms with Gasteiger partial charge in [-0.15, -0.1) is 0 Å². The zero-order chi connectivity index (χ0) is 13.8. The second-order valence-electron chi connectivity index (χ2n) is 4.63. The van der Waals surface area contributed by atoms with Gasteiger partial charge in [-0.1, -0.05) is 36.4 Å². The number of nitrogens with two attached hydrogens (primary N) is 1. The molecule has 2 aromatic carbocycles. The number of aliphatic hydroxyl groups excluding tert-OH is 1. The van der Waals surface area contributed by atoms with Crippen LogP contribution in [0.3, 0.4) is 0 Å². The highest BCUT2D eigenvalue weighted by Gasteiger charge is 2.11. The van der Waals surface area contributed by atoms with E-state index >= 15 is 0 Å². The largest absolute Gasteiger partial charge is 0.497 e. The number of rotatable bonds is 4. The Kier molecular flexibility index (Phi) is 4.20. The van der Waals surface area contributed by atoms with E-state index in [4.69, 9.17) is 10.5 Å². The summed E-state index contributed by atoms with van der Waals surface area (Å²) in [5, 5.41) is 10.4. The summed E-state index contributed by atoms with van der Waals surface area (Å²) in [6, 6.07) is 15.2. The fourth-order valence-corrected chi connectivity index (χ4v) is 1.99. The van der Waals surface area contributed by atoms with Gasteiger partial charge in [0.25, 0.3) is 0 Å². The third-order valence-electron chi connectivity index (χ3n) is 3.19. The SMILES string of the molecule is COc1cccc(C(O)c2ccc(C(C)N)cc2)c1. The number of methoxy groups -OCH3 is 1. The van der Waals surface area contributed by atoms with Crippen molar-refractivity contribution in [2.75, 3.05) is 7.11 Å². The standard InChI is InChI=1S/C16H19NO2/c1-11(17)12-6-8-13(9-7-12)16(18)14-4-3-5-15(10-14)19-2/h3-11,16,18H,17H2,1-2H3. The third-order valence-corrected chi connectivity index (χ3v) is 3.19. The number of benzene rings is 2. The maximum Gasteiger partial charge on any atom is 0.119 e. The lowest BCUT2D eigenvalue weighted by Crippen LogP contribution is -2.05. The maximum absolute atomic E-state index is 10.4. The van der Waals surface area contributed by atoms with Crippen LogP contribution < -0.4 is 10.5 Å². The number of aliphatic hydroxyl groups is 1. The van der Waals surface area contributed by atoms with E-state index in [1.54, 1.807) is 7.11 Å². The molecule has 0 saturated heterocycles. The molecule has 0 aliphatic carbocycles. The summed E-state index contributed by atoms with van der Waals surface area (Å²) < 4.78 is 5.16. The van der Waals surface area contributed by atoms with Crippen LogP contribution >= 0.6 is 0 Å². The molecule has 19 heavy (non-hydrogen) atoms. The van der Waals surface area contributed by atoms with Crippen molar-refractivity contribution in [3.63, 3.8) is 0 Å². The van der Waals surface area contributed by atoms with Crippen LogP contribution in [0.15, 0.2) is 48.5 Å². The van der Waals surface area contributed by atoms with E-state index in [0.717, 1.165) is 22.4 Å². The lowest BCUT2D eigenvalue weighted by molar-refractivity contribution is 0.219. The number of ether oxygens (including phenoxy) is 1. The first-order chi connectivity index (χ1) is 9.11. The Balaban J connectivity index is 2.25. The fraction of sp³-hybridized carbons (Fsp3) is 0.250. The molecule has 0 amide bonds. The van der Waals surface area contributed by atoms with Crippen LogP contribution in [0.5, 0.6) is 5.75 Å². The number of hydrogen-bond donors (Lipinski definition) is 2. The summed E-state index contributed by atoms with van der Waals surface area (Å²) in [5.74, 6) is 0.740. The van der Waals surface area contributed by atoms with Crippen molar-refractivity contribution in [1.82, 2.24) is 0 Å². The van der Waals surface area contributed by atoms with Crippen molar-refractivity contribution >= 4 is 0 Å². The molecule has 2 unspecified atom stereocenters. The first-order valence-corrected chi connectivity index (χ1v) is 6.29. The van der Waals surface area contributed by atoms with E-state index in [-0.39, 0.29) is 6.04 Å². The normalized spacial score (nSPS) is 13.9. The van der Waals surface area contributed by atoms with Crippen molar-refractivity contribution in [2.24, 2.45) is 5.73 Å². The van der Waals surface area contributed by atoms with Crippen molar-refractivity contribution in [2.45, 2.75) is 19.1 Å². The molecular formula is C16H19NO2. The lowest BCUT2D eigenvalue weighted by Gasteiger charge is -2.14. The Morgan fingerprint density at radius 2 is 1.63 bits per heavy atom. The van der Waals surface area contributed by atoms with Crippen LogP contribution in [0.2, 0.25) is 0 Å². The van der Waals surface area contributed by atoms with E-state index in [0.29, 0.717) is 0 Å². The van der Waals surface area contributed by atoms with Gasteiger partial charge in [0.1, 0.15) is 11.9 Å². The smallest absolute Gasteiger partial charge is 0.119 e. The van der Waals surface area contributed by atoms with E-state index < -0.39 is 6.10 Å². The highest BCUT2D eigenvalue weighted by atomic mass is 16.5. The molecule has 0 heterocycles. The van der Waals surface area contributed by atoms with Gasteiger partial charge in [0, 0.05) is 6.04 Å². The number of hydrogen-bond acceptors (Lipinski definition) is 3. The molecule has 0 saturated carbocycles. The van der Waals surface area contributed by atoms with Gasteiger partial charge in [-0.3, -0.25) is 0 Å². The van der Waals surface area contributed by atoms with E-state index in [9.17, 15) is 5.11 Å². The molecule has 0 aromatic heterocycles. The van der Waals surface area contributed by atoms with Crippen molar-refractivity contribution in [3.8, 4) is 5.75 Å². The summed E-state index contributed by atoms with van der Waals surface area (Å²) in [5.41, 5.74) is 8.52. The van der Waals surface area contributed by atoms with E-state index in [1.807, 2.05) is 55.5 Å². The molecule has 2 aromatic rings. The second-order valence-corrected chi connectivity index (χ2v) is 4.63. The molecule has 0 bridgehead atoms. The van der Waals surface area contributed by atoms with Crippen molar-refractivity contribution in [1.29, 1.82) is 0 Å². The fourth-order valence-electron chi connectivity index (χ4n) is 1.99. The van der Waals surface area contributed by atoms with Gasteiger partial charge < -0.3 is 15.6 Å². The van der Waals surface area contributed by atoms with Gasteiger partial charge in [0.05, 0.1) is 7.11 Å². The molecule has 0 spiro atoms. The molecular weight excluding hydrogens is 238 g/mol. The summed E-state index contributed by atoms with van der Waals surface area (Å²) >= 11 is 0. The zero-order valence-corrected chi connectivity index (χ0v) is 11.2. The van der Waals surface area contributed by atoms with Crippen LogP contribution in [0.4, 0.5) is 0 Å². The van der Waals surface area contributed by atoms with Crippen LogP contribution in [-0.4, -0.2) is 12.2 Å². The Bertz CT molecular complexity index is 535. The van der Waals surface area contributed by atoms with Gasteiger partial charge in [0.2, 0.25) is 0 Å². The predicted octanol–water partition coefficient (Wildman–Crippen LogP) is 2.80. The van der Waals surface area contributed by atoms with Gasteiger partial charge in [-0.05, 0) is 35.7 Å². The summed E-state index contributed by atoms with van der Waals surface area (Å²) in [6.07, 6.45) is -0.655. The van der Waals surface area contributed by atoms with Crippen molar-refractivity contribution < 1.29 is 9.84 Å². The molecule has 0 aliphatic heterocycles. The Morgan fingerprint density at radius 3 is 2.21 bits per heavy atom. The topological polar surface area (TPSA) is 55.5 Å². The predicted molar refractivity (Wildman–Crippen MR) is 76.1 cm³/mol. The average molecular weight is 257 g/mol. The monoisotopic (exact) mass is 257 g/mol. The first kappa shape index (κ1) is 13.6. The quantitative estimate of drug-likeness (QED) is 0.885. The summed E-state index contributed by atoms with van der Waals surface area (Å²) in [7, 11) is 1.61. The molecule has 0 aliphatic rings. The highest BCUT2D eigenvalue weighted by Crippen LogP contribution is 2.25. The van der Waals surface area contributed by atoms with E-state index in [1.165, 1.54) is 0 Å². The molecule has 2 atom stereocenters.